The molecule has 1 aromatic carbocycles. The van der Waals surface area contributed by atoms with Gasteiger partial charge in [0.05, 0.1) is 11.1 Å². The van der Waals surface area contributed by atoms with Crippen molar-refractivity contribution < 1.29 is 9.59 Å². The third-order valence-electron chi connectivity index (χ3n) is 3.88. The first-order valence-electron chi connectivity index (χ1n) is 7.52. The van der Waals surface area contributed by atoms with E-state index in [1.807, 2.05) is 18.2 Å². The topological polar surface area (TPSA) is 91.8 Å². The Hall–Kier alpha value is -3.35. The second kappa shape index (κ2) is 5.69. The average Bonchev–Trinajstić information content (AvgIpc) is 3.19. The summed E-state index contributed by atoms with van der Waals surface area (Å²) in [6, 6.07) is 12.3. The van der Waals surface area contributed by atoms with Gasteiger partial charge in [-0.1, -0.05) is 18.2 Å². The van der Waals surface area contributed by atoms with Gasteiger partial charge in [0.25, 0.3) is 11.8 Å². The lowest BCUT2D eigenvalue weighted by Gasteiger charge is -2.12. The number of rotatable bonds is 4. The predicted molar refractivity (Wildman–Crippen MR) is 85.1 cm³/mol. The van der Waals surface area contributed by atoms with Crippen LogP contribution in [0.15, 0.2) is 48.7 Å². The van der Waals surface area contributed by atoms with Crippen LogP contribution in [0.2, 0.25) is 0 Å². The lowest BCUT2D eigenvalue weighted by molar-refractivity contribution is 0.0655. The summed E-state index contributed by atoms with van der Waals surface area (Å²) in [5.41, 5.74) is 1.57. The second-order valence-electron chi connectivity index (χ2n) is 5.38. The molecule has 7 heteroatoms. The van der Waals surface area contributed by atoms with E-state index in [2.05, 4.69) is 20.2 Å². The van der Waals surface area contributed by atoms with Crippen LogP contribution in [0.25, 0.3) is 11.5 Å². The Morgan fingerprint density at radius 2 is 1.67 bits per heavy atom. The fraction of sp³-hybridized carbons (Fsp3) is 0.118. The van der Waals surface area contributed by atoms with Crippen LogP contribution in [0, 0.1) is 0 Å². The number of aromatic amines is 1. The largest absolute Gasteiger partial charge is 0.274 e. The number of imide groups is 1. The van der Waals surface area contributed by atoms with Gasteiger partial charge in [0.2, 0.25) is 0 Å². The molecule has 24 heavy (non-hydrogen) atoms. The quantitative estimate of drug-likeness (QED) is 0.739. The number of benzene rings is 1. The van der Waals surface area contributed by atoms with Crippen molar-refractivity contribution in [2.75, 3.05) is 6.54 Å². The second-order valence-corrected chi connectivity index (χ2v) is 5.38. The first-order valence-corrected chi connectivity index (χ1v) is 7.52. The maximum absolute atomic E-state index is 12.3. The minimum atomic E-state index is -0.264. The summed E-state index contributed by atoms with van der Waals surface area (Å²) in [7, 11) is 0. The van der Waals surface area contributed by atoms with Gasteiger partial charge in [0, 0.05) is 19.2 Å². The Morgan fingerprint density at radius 3 is 2.33 bits per heavy atom. The molecular formula is C17H13N5O2. The highest BCUT2D eigenvalue weighted by molar-refractivity contribution is 6.21. The summed E-state index contributed by atoms with van der Waals surface area (Å²) >= 11 is 0. The van der Waals surface area contributed by atoms with Crippen molar-refractivity contribution in [1.82, 2.24) is 25.1 Å². The van der Waals surface area contributed by atoms with Crippen molar-refractivity contribution in [3.8, 4) is 11.5 Å². The molecular weight excluding hydrogens is 306 g/mol. The number of aromatic nitrogens is 4. The highest BCUT2D eigenvalue weighted by Gasteiger charge is 2.34. The van der Waals surface area contributed by atoms with E-state index in [9.17, 15) is 9.59 Å². The number of pyridine rings is 1. The molecule has 118 valence electrons. The molecule has 2 aromatic heterocycles. The van der Waals surface area contributed by atoms with E-state index >= 15 is 0 Å². The number of carbonyl (C=O) groups excluding carboxylic acids is 2. The maximum Gasteiger partial charge on any atom is 0.261 e. The average molecular weight is 319 g/mol. The molecule has 0 spiro atoms. The van der Waals surface area contributed by atoms with Gasteiger partial charge in [0.1, 0.15) is 11.5 Å². The monoisotopic (exact) mass is 319 g/mol. The van der Waals surface area contributed by atoms with Crippen molar-refractivity contribution in [3.05, 3.63) is 65.6 Å². The molecule has 1 N–H and O–H groups in total. The van der Waals surface area contributed by atoms with Gasteiger partial charge in [-0.15, -0.1) is 0 Å². The van der Waals surface area contributed by atoms with Gasteiger partial charge in [-0.25, -0.2) is 4.98 Å². The summed E-state index contributed by atoms with van der Waals surface area (Å²) in [4.78, 5) is 34.4. The smallest absolute Gasteiger partial charge is 0.261 e. The first-order chi connectivity index (χ1) is 11.7. The normalized spacial score (nSPS) is 13.4. The van der Waals surface area contributed by atoms with Gasteiger partial charge in [-0.3, -0.25) is 24.6 Å². The number of carbonyl (C=O) groups is 2. The third-order valence-corrected chi connectivity index (χ3v) is 3.88. The molecule has 0 bridgehead atoms. The Labute approximate surface area is 137 Å². The molecule has 7 nitrogen and oxygen atoms in total. The Bertz CT molecular complexity index is 884. The molecule has 0 saturated carbocycles. The molecule has 0 radical (unpaired) electrons. The van der Waals surface area contributed by atoms with Crippen molar-refractivity contribution in [2.45, 2.75) is 6.42 Å². The zero-order chi connectivity index (χ0) is 16.5. The maximum atomic E-state index is 12.3. The number of hydrogen-bond donors (Lipinski definition) is 1. The van der Waals surface area contributed by atoms with E-state index in [-0.39, 0.29) is 18.4 Å². The number of nitrogens with zero attached hydrogens (tertiary/aromatic N) is 4. The van der Waals surface area contributed by atoms with Crippen LogP contribution in [0.3, 0.4) is 0 Å². The van der Waals surface area contributed by atoms with Crippen LogP contribution >= 0.6 is 0 Å². The van der Waals surface area contributed by atoms with E-state index in [4.69, 9.17) is 0 Å². The SMILES string of the molecule is O=C1c2ccccc2C(=O)N1CCc1nc(-c2ccccn2)n[nH]1. The zero-order valence-corrected chi connectivity index (χ0v) is 12.6. The number of H-pyrrole nitrogens is 1. The van der Waals surface area contributed by atoms with Gasteiger partial charge in [0.15, 0.2) is 5.82 Å². The van der Waals surface area contributed by atoms with Crippen LogP contribution < -0.4 is 0 Å². The molecule has 3 heterocycles. The molecule has 1 aliphatic rings. The first kappa shape index (κ1) is 14.3. The predicted octanol–water partition coefficient (Wildman–Crippen LogP) is 1.71. The summed E-state index contributed by atoms with van der Waals surface area (Å²) in [6.07, 6.45) is 2.08. The summed E-state index contributed by atoms with van der Waals surface area (Å²) in [6.45, 7) is 0.253. The number of hydrogen-bond acceptors (Lipinski definition) is 5. The number of amides is 2. The van der Waals surface area contributed by atoms with E-state index in [1.165, 1.54) is 4.90 Å². The molecule has 1 aliphatic heterocycles. The fourth-order valence-electron chi connectivity index (χ4n) is 2.68. The molecule has 0 unspecified atom stereocenters. The van der Waals surface area contributed by atoms with Crippen LogP contribution in [0.5, 0.6) is 0 Å². The molecule has 3 aromatic rings. The molecule has 0 aliphatic carbocycles. The molecule has 0 saturated heterocycles. The van der Waals surface area contributed by atoms with Crippen molar-refractivity contribution in [1.29, 1.82) is 0 Å². The van der Waals surface area contributed by atoms with E-state index in [0.29, 0.717) is 34.9 Å². The van der Waals surface area contributed by atoms with Crippen molar-refractivity contribution in [3.63, 3.8) is 0 Å². The highest BCUT2D eigenvalue weighted by atomic mass is 16.2. The summed E-state index contributed by atoms with van der Waals surface area (Å²) in [5, 5.41) is 6.95. The van der Waals surface area contributed by atoms with Crippen LogP contribution in [-0.4, -0.2) is 43.4 Å². The lowest BCUT2D eigenvalue weighted by atomic mass is 10.1. The van der Waals surface area contributed by atoms with Gasteiger partial charge in [-0.05, 0) is 24.3 Å². The van der Waals surface area contributed by atoms with Gasteiger partial charge < -0.3 is 0 Å². The molecule has 0 atom stereocenters. The summed E-state index contributed by atoms with van der Waals surface area (Å²) in [5.74, 6) is 0.570. The molecule has 4 rings (SSSR count). The van der Waals surface area contributed by atoms with Crippen molar-refractivity contribution >= 4 is 11.8 Å². The lowest BCUT2D eigenvalue weighted by Crippen LogP contribution is -2.31. The van der Waals surface area contributed by atoms with Crippen LogP contribution in [0.1, 0.15) is 26.5 Å². The number of fused-ring (bicyclic) bond motifs is 1. The molecule has 2 amide bonds. The fourth-order valence-corrected chi connectivity index (χ4v) is 2.68. The van der Waals surface area contributed by atoms with Crippen LogP contribution in [0.4, 0.5) is 0 Å². The van der Waals surface area contributed by atoms with Gasteiger partial charge in [-0.2, -0.15) is 5.10 Å². The van der Waals surface area contributed by atoms with Crippen molar-refractivity contribution in [2.24, 2.45) is 0 Å². The standard InChI is InChI=1S/C17H13N5O2/c23-16-11-5-1-2-6-12(11)17(24)22(16)10-8-14-19-15(21-20-14)13-7-3-4-9-18-13/h1-7,9H,8,10H2,(H,19,20,21). The van der Waals surface area contributed by atoms with Gasteiger partial charge >= 0.3 is 0 Å². The minimum Gasteiger partial charge on any atom is -0.274 e. The number of nitrogens with one attached hydrogen (secondary N) is 1. The van der Waals surface area contributed by atoms with Crippen LogP contribution in [-0.2, 0) is 6.42 Å². The van der Waals surface area contributed by atoms with E-state index < -0.39 is 0 Å². The van der Waals surface area contributed by atoms with E-state index in [1.54, 1.807) is 30.5 Å². The Balaban J connectivity index is 1.48. The molecule has 0 fully saturated rings. The third kappa shape index (κ3) is 2.36. The van der Waals surface area contributed by atoms with E-state index in [0.717, 1.165) is 0 Å². The zero-order valence-electron chi connectivity index (χ0n) is 12.6. The summed E-state index contributed by atoms with van der Waals surface area (Å²) < 4.78 is 0. The minimum absolute atomic E-state index is 0.253. The Morgan fingerprint density at radius 1 is 0.958 bits per heavy atom. The Kier molecular flexibility index (Phi) is 3.38. The highest BCUT2D eigenvalue weighted by Crippen LogP contribution is 2.22.